The lowest BCUT2D eigenvalue weighted by Gasteiger charge is -2.38. The van der Waals surface area contributed by atoms with Gasteiger partial charge < -0.3 is 19.9 Å². The lowest BCUT2D eigenvalue weighted by atomic mass is 10.1. The van der Waals surface area contributed by atoms with E-state index in [4.69, 9.17) is 4.99 Å². The Bertz CT molecular complexity index is 1130. The van der Waals surface area contributed by atoms with Gasteiger partial charge in [0, 0.05) is 49.8 Å². The Hall–Kier alpha value is -3.13. The Kier molecular flexibility index (Phi) is 4.39. The number of nitrogens with zero attached hydrogens (tertiary/aromatic N) is 5. The number of aliphatic imine (C=N–C) groups is 1. The fourth-order valence-electron chi connectivity index (χ4n) is 4.43. The molecule has 2 unspecified atom stereocenters. The predicted octanol–water partition coefficient (Wildman–Crippen LogP) is 2.47. The van der Waals surface area contributed by atoms with Gasteiger partial charge in [0.2, 0.25) is 0 Å². The van der Waals surface area contributed by atoms with Crippen molar-refractivity contribution >= 4 is 17.5 Å². The van der Waals surface area contributed by atoms with Gasteiger partial charge in [-0.3, -0.25) is 4.90 Å². The Morgan fingerprint density at radius 2 is 2.03 bits per heavy atom. The largest absolute Gasteiger partial charge is 0.368 e. The van der Waals surface area contributed by atoms with Crippen LogP contribution in [0.3, 0.4) is 0 Å². The predicted molar refractivity (Wildman–Crippen MR) is 116 cm³/mol. The van der Waals surface area contributed by atoms with E-state index in [9.17, 15) is 4.79 Å². The number of aromatic nitrogens is 2. The summed E-state index contributed by atoms with van der Waals surface area (Å²) in [6, 6.07) is 2.32. The summed E-state index contributed by atoms with van der Waals surface area (Å²) in [7, 11) is 0. The van der Waals surface area contributed by atoms with Gasteiger partial charge in [-0.15, -0.1) is 0 Å². The maximum absolute atomic E-state index is 13.0. The number of amidine groups is 1. The Morgan fingerprint density at radius 1 is 1.20 bits per heavy atom. The van der Waals surface area contributed by atoms with Crippen LogP contribution in [0.5, 0.6) is 0 Å². The zero-order valence-corrected chi connectivity index (χ0v) is 17.8. The number of rotatable bonds is 2. The number of urea groups is 1. The smallest absolute Gasteiger partial charge is 0.329 e. The van der Waals surface area contributed by atoms with Crippen molar-refractivity contribution in [3.63, 3.8) is 0 Å². The first-order valence-electron chi connectivity index (χ1n) is 10.4. The molecular formula is C22H27N7O. The molecule has 0 aliphatic carbocycles. The molecule has 0 bridgehead atoms. The minimum Gasteiger partial charge on any atom is -0.368 e. The quantitative estimate of drug-likeness (QED) is 0.805. The van der Waals surface area contributed by atoms with Gasteiger partial charge in [-0.1, -0.05) is 0 Å². The highest BCUT2D eigenvalue weighted by atomic mass is 16.2. The molecular weight excluding hydrogens is 378 g/mol. The van der Waals surface area contributed by atoms with E-state index < -0.39 is 6.17 Å². The van der Waals surface area contributed by atoms with Gasteiger partial charge >= 0.3 is 6.03 Å². The monoisotopic (exact) mass is 405 g/mol. The minimum absolute atomic E-state index is 0.155. The van der Waals surface area contributed by atoms with Gasteiger partial charge in [0.25, 0.3) is 0 Å². The van der Waals surface area contributed by atoms with Crippen LogP contribution in [0.2, 0.25) is 0 Å². The lowest BCUT2D eigenvalue weighted by Crippen LogP contribution is -2.51. The first kappa shape index (κ1) is 18.9. The summed E-state index contributed by atoms with van der Waals surface area (Å²) in [5.74, 6) is 0.704. The molecule has 0 aromatic carbocycles. The molecule has 5 rings (SSSR count). The van der Waals surface area contributed by atoms with E-state index in [-0.39, 0.29) is 6.03 Å². The summed E-state index contributed by atoms with van der Waals surface area (Å²) in [6.07, 6.45) is 7.61. The highest BCUT2D eigenvalue weighted by molar-refractivity contribution is 6.10. The molecule has 5 heterocycles. The van der Waals surface area contributed by atoms with Crippen molar-refractivity contribution in [1.82, 2.24) is 29.8 Å². The highest BCUT2D eigenvalue weighted by Gasteiger charge is 2.32. The van der Waals surface area contributed by atoms with Crippen molar-refractivity contribution in [2.24, 2.45) is 4.99 Å². The van der Waals surface area contributed by atoms with Gasteiger partial charge in [-0.2, -0.15) is 0 Å². The van der Waals surface area contributed by atoms with E-state index in [1.54, 1.807) is 4.90 Å². The van der Waals surface area contributed by atoms with Crippen LogP contribution in [-0.4, -0.2) is 56.7 Å². The number of carbonyl (C=O) groups excluding carboxylic acids is 1. The molecule has 3 aliphatic heterocycles. The summed E-state index contributed by atoms with van der Waals surface area (Å²) in [5.41, 5.74) is 5.94. The van der Waals surface area contributed by atoms with Gasteiger partial charge in [0.1, 0.15) is 11.5 Å². The van der Waals surface area contributed by atoms with Crippen molar-refractivity contribution in [2.45, 2.75) is 39.9 Å². The third-order valence-electron chi connectivity index (χ3n) is 5.86. The molecule has 2 aromatic heterocycles. The van der Waals surface area contributed by atoms with Gasteiger partial charge in [-0.05, 0) is 51.0 Å². The molecule has 30 heavy (non-hydrogen) atoms. The van der Waals surface area contributed by atoms with Gasteiger partial charge in [-0.25, -0.2) is 14.8 Å². The number of carbonyl (C=O) groups is 1. The van der Waals surface area contributed by atoms with Crippen LogP contribution < -0.4 is 10.6 Å². The maximum Gasteiger partial charge on any atom is 0.329 e. The first-order chi connectivity index (χ1) is 14.4. The standard InChI is InChI=1S/C22H27N7O/c1-13-7-17(11-28-10-16(4)24-20(13)28)19-25-21-14(2)8-18(12-29(21)22(30)26-19)27-6-5-23-15(3)9-27/h7-8,10-12,15,19,23H,5-6,9H2,1-4H3,(H,26,30). The molecule has 2 atom stereocenters. The fourth-order valence-corrected chi connectivity index (χ4v) is 4.43. The molecule has 0 spiro atoms. The Labute approximate surface area is 176 Å². The van der Waals surface area contributed by atoms with Crippen molar-refractivity contribution in [1.29, 1.82) is 0 Å². The molecule has 8 nitrogen and oxygen atoms in total. The van der Waals surface area contributed by atoms with E-state index >= 15 is 0 Å². The Balaban J connectivity index is 1.48. The van der Waals surface area contributed by atoms with Crippen molar-refractivity contribution in [2.75, 3.05) is 19.6 Å². The van der Waals surface area contributed by atoms with Crippen molar-refractivity contribution < 1.29 is 4.79 Å². The summed E-state index contributed by atoms with van der Waals surface area (Å²) >= 11 is 0. The van der Waals surface area contributed by atoms with Crippen LogP contribution in [0, 0.1) is 13.8 Å². The number of imidazole rings is 1. The normalized spacial score (nSPS) is 24.3. The molecule has 1 saturated heterocycles. The van der Waals surface area contributed by atoms with Crippen LogP contribution in [0.15, 0.2) is 47.0 Å². The van der Waals surface area contributed by atoms with Crippen molar-refractivity contribution in [3.05, 3.63) is 58.8 Å². The van der Waals surface area contributed by atoms with E-state index in [1.165, 1.54) is 0 Å². The van der Waals surface area contributed by atoms with E-state index in [1.807, 2.05) is 43.8 Å². The topological polar surface area (TPSA) is 77.3 Å². The van der Waals surface area contributed by atoms with Gasteiger partial charge in [0.05, 0.1) is 11.4 Å². The van der Waals surface area contributed by atoms with E-state index in [0.717, 1.165) is 53.4 Å². The molecule has 1 fully saturated rings. The molecule has 2 amide bonds. The second kappa shape index (κ2) is 6.98. The number of amides is 2. The molecule has 0 radical (unpaired) electrons. The number of aryl methyl sites for hydroxylation is 2. The average molecular weight is 406 g/mol. The number of pyridine rings is 1. The number of hydrogen-bond donors (Lipinski definition) is 2. The Morgan fingerprint density at radius 3 is 2.83 bits per heavy atom. The fraction of sp³-hybridized carbons (Fsp3) is 0.409. The van der Waals surface area contributed by atoms with Crippen LogP contribution in [-0.2, 0) is 0 Å². The van der Waals surface area contributed by atoms with E-state index in [2.05, 4.69) is 39.6 Å². The average Bonchev–Trinajstić information content (AvgIpc) is 3.09. The first-order valence-corrected chi connectivity index (χ1v) is 10.4. The zero-order valence-electron chi connectivity index (χ0n) is 17.8. The van der Waals surface area contributed by atoms with Crippen LogP contribution in [0.25, 0.3) is 5.65 Å². The van der Waals surface area contributed by atoms with E-state index in [0.29, 0.717) is 11.9 Å². The number of piperazine rings is 1. The summed E-state index contributed by atoms with van der Waals surface area (Å²) in [4.78, 5) is 26.4. The van der Waals surface area contributed by atoms with Gasteiger partial charge in [0.15, 0.2) is 6.17 Å². The molecule has 0 saturated carbocycles. The van der Waals surface area contributed by atoms with Crippen LogP contribution >= 0.6 is 0 Å². The van der Waals surface area contributed by atoms with Crippen LogP contribution in [0.1, 0.15) is 36.8 Å². The molecule has 2 N–H and O–H groups in total. The molecule has 8 heteroatoms. The molecule has 3 aliphatic rings. The third-order valence-corrected chi connectivity index (χ3v) is 5.86. The maximum atomic E-state index is 13.0. The highest BCUT2D eigenvalue weighted by Crippen LogP contribution is 2.28. The SMILES string of the molecule is CC1=CC(N2CCNC(C)C2)=CN2C(=O)NC(c3cc(C)c4nc(C)cn4c3)N=C12. The zero-order chi connectivity index (χ0) is 21.0. The minimum atomic E-state index is -0.424. The number of nitrogens with one attached hydrogen (secondary N) is 2. The lowest BCUT2D eigenvalue weighted by molar-refractivity contribution is 0.219. The summed E-state index contributed by atoms with van der Waals surface area (Å²) in [6.45, 7) is 11.0. The number of allylic oxidation sites excluding steroid dienone is 1. The number of fused-ring (bicyclic) bond motifs is 2. The summed E-state index contributed by atoms with van der Waals surface area (Å²) < 4.78 is 2.01. The third kappa shape index (κ3) is 3.17. The molecule has 2 aromatic rings. The number of hydrogen-bond acceptors (Lipinski definition) is 5. The van der Waals surface area contributed by atoms with Crippen molar-refractivity contribution in [3.8, 4) is 0 Å². The van der Waals surface area contributed by atoms with Crippen LogP contribution in [0.4, 0.5) is 4.79 Å². The summed E-state index contributed by atoms with van der Waals surface area (Å²) in [5, 5.41) is 6.50. The molecule has 156 valence electrons. The second-order valence-electron chi connectivity index (χ2n) is 8.43. The second-order valence-corrected chi connectivity index (χ2v) is 8.43.